The van der Waals surface area contributed by atoms with Gasteiger partial charge in [0.2, 0.25) is 0 Å². The van der Waals surface area contributed by atoms with Crippen molar-refractivity contribution in [1.82, 2.24) is 4.98 Å². The van der Waals surface area contributed by atoms with Crippen LogP contribution >= 0.6 is 15.9 Å². The molecule has 2 aromatic rings. The molecule has 82 valence electrons. The molecule has 0 atom stereocenters. The van der Waals surface area contributed by atoms with E-state index in [2.05, 4.69) is 26.2 Å². The van der Waals surface area contributed by atoms with Crippen LogP contribution in [0.5, 0.6) is 0 Å². The number of nitrogens with one attached hydrogen (secondary N) is 1. The number of hydrogen-bond acceptors (Lipinski definition) is 3. The molecule has 0 aliphatic carbocycles. The van der Waals surface area contributed by atoms with Crippen molar-refractivity contribution in [1.29, 1.82) is 0 Å². The average molecular weight is 281 g/mol. The second-order valence-corrected chi connectivity index (χ2v) is 4.03. The van der Waals surface area contributed by atoms with Crippen molar-refractivity contribution < 1.29 is 9.21 Å². The first-order chi connectivity index (χ1) is 7.66. The topological polar surface area (TPSA) is 55.1 Å². The van der Waals surface area contributed by atoms with Gasteiger partial charge >= 0.3 is 0 Å². The fraction of sp³-hybridized carbons (Fsp3) is 0.0909. The van der Waals surface area contributed by atoms with Gasteiger partial charge in [-0.05, 0) is 46.6 Å². The van der Waals surface area contributed by atoms with Crippen LogP contribution in [0.2, 0.25) is 0 Å². The van der Waals surface area contributed by atoms with Gasteiger partial charge < -0.3 is 9.73 Å². The zero-order chi connectivity index (χ0) is 11.5. The summed E-state index contributed by atoms with van der Waals surface area (Å²) in [5, 5.41) is 2.75. The van der Waals surface area contributed by atoms with Crippen LogP contribution in [0.4, 0.5) is 5.69 Å². The number of rotatable bonds is 2. The lowest BCUT2D eigenvalue weighted by molar-refractivity contribution is 0.0995. The van der Waals surface area contributed by atoms with Crippen molar-refractivity contribution in [3.05, 3.63) is 46.6 Å². The van der Waals surface area contributed by atoms with Gasteiger partial charge in [0.15, 0.2) is 10.4 Å². The van der Waals surface area contributed by atoms with Crippen molar-refractivity contribution >= 4 is 27.5 Å². The molecule has 0 aliphatic heterocycles. The summed E-state index contributed by atoms with van der Waals surface area (Å²) in [7, 11) is 0. The third-order valence-electron chi connectivity index (χ3n) is 2.07. The van der Waals surface area contributed by atoms with Crippen LogP contribution in [-0.4, -0.2) is 10.9 Å². The second-order valence-electron chi connectivity index (χ2n) is 3.25. The molecule has 0 spiro atoms. The van der Waals surface area contributed by atoms with Crippen LogP contribution in [0.1, 0.15) is 16.1 Å². The zero-order valence-corrected chi connectivity index (χ0v) is 10.1. The Morgan fingerprint density at radius 2 is 2.25 bits per heavy atom. The third-order valence-corrected chi connectivity index (χ3v) is 2.49. The molecule has 0 saturated carbocycles. The van der Waals surface area contributed by atoms with Crippen molar-refractivity contribution in [3.63, 3.8) is 0 Å². The van der Waals surface area contributed by atoms with Crippen LogP contribution in [0.15, 0.2) is 39.7 Å². The quantitative estimate of drug-likeness (QED) is 0.920. The number of anilines is 1. The summed E-state index contributed by atoms with van der Waals surface area (Å²) in [4.78, 5) is 15.7. The van der Waals surface area contributed by atoms with Gasteiger partial charge in [-0.3, -0.25) is 9.78 Å². The molecular weight excluding hydrogens is 272 g/mol. The Balaban J connectivity index is 2.17. The molecule has 0 saturated heterocycles. The first kappa shape index (κ1) is 10.9. The maximum Gasteiger partial charge on any atom is 0.291 e. The first-order valence-corrected chi connectivity index (χ1v) is 5.43. The minimum absolute atomic E-state index is 0.267. The molecule has 5 heteroatoms. The number of aromatic nitrogens is 1. The van der Waals surface area contributed by atoms with Crippen LogP contribution in [-0.2, 0) is 0 Å². The molecule has 0 bridgehead atoms. The Morgan fingerprint density at radius 1 is 1.44 bits per heavy atom. The minimum atomic E-state index is -0.278. The zero-order valence-electron chi connectivity index (χ0n) is 8.53. The molecule has 2 aromatic heterocycles. The summed E-state index contributed by atoms with van der Waals surface area (Å²) in [5.41, 5.74) is 1.63. The largest absolute Gasteiger partial charge is 0.444 e. The SMILES string of the molecule is Cc1cnccc1NC(=O)c1ccc(Br)o1. The smallest absolute Gasteiger partial charge is 0.291 e. The first-order valence-electron chi connectivity index (χ1n) is 4.64. The number of carbonyl (C=O) groups is 1. The number of pyridine rings is 1. The summed E-state index contributed by atoms with van der Waals surface area (Å²) in [5.74, 6) is -0.0110. The van der Waals surface area contributed by atoms with Crippen LogP contribution < -0.4 is 5.32 Å². The Hall–Kier alpha value is -1.62. The number of nitrogens with zero attached hydrogens (tertiary/aromatic N) is 1. The highest BCUT2D eigenvalue weighted by Gasteiger charge is 2.11. The van der Waals surface area contributed by atoms with Gasteiger partial charge in [-0.2, -0.15) is 0 Å². The molecule has 0 radical (unpaired) electrons. The number of hydrogen-bond donors (Lipinski definition) is 1. The van der Waals surface area contributed by atoms with Gasteiger partial charge in [0.25, 0.3) is 5.91 Å². The lowest BCUT2D eigenvalue weighted by Crippen LogP contribution is -2.11. The maximum atomic E-state index is 11.7. The Bertz CT molecular complexity index is 522. The van der Waals surface area contributed by atoms with E-state index in [4.69, 9.17) is 4.42 Å². The van der Waals surface area contributed by atoms with E-state index in [1.807, 2.05) is 6.92 Å². The molecule has 4 nitrogen and oxygen atoms in total. The molecule has 0 unspecified atom stereocenters. The van der Waals surface area contributed by atoms with E-state index in [0.29, 0.717) is 4.67 Å². The van der Waals surface area contributed by atoms with Crippen molar-refractivity contribution in [2.75, 3.05) is 5.32 Å². The average Bonchev–Trinajstić information content (AvgIpc) is 2.68. The van der Waals surface area contributed by atoms with Crippen LogP contribution in [0.25, 0.3) is 0 Å². The standard InChI is InChI=1S/C11H9BrN2O2/c1-7-6-13-5-4-8(7)14-11(15)9-2-3-10(12)16-9/h2-6H,1H3,(H,13,14,15). The molecule has 2 heterocycles. The summed E-state index contributed by atoms with van der Waals surface area (Å²) in [6, 6.07) is 5.02. The summed E-state index contributed by atoms with van der Waals surface area (Å²) >= 11 is 3.14. The molecule has 0 aliphatic rings. The lowest BCUT2D eigenvalue weighted by atomic mass is 10.2. The lowest BCUT2D eigenvalue weighted by Gasteiger charge is -2.05. The van der Waals surface area contributed by atoms with E-state index >= 15 is 0 Å². The molecular formula is C11H9BrN2O2. The van der Waals surface area contributed by atoms with E-state index in [9.17, 15) is 4.79 Å². The normalized spacial score (nSPS) is 10.1. The highest BCUT2D eigenvalue weighted by Crippen LogP contribution is 2.17. The summed E-state index contributed by atoms with van der Waals surface area (Å²) < 4.78 is 5.68. The van der Waals surface area contributed by atoms with Crippen molar-refractivity contribution in [3.8, 4) is 0 Å². The van der Waals surface area contributed by atoms with E-state index in [-0.39, 0.29) is 11.7 Å². The summed E-state index contributed by atoms with van der Waals surface area (Å²) in [6.07, 6.45) is 3.31. The fourth-order valence-corrected chi connectivity index (χ4v) is 1.54. The number of amides is 1. The Kier molecular flexibility index (Phi) is 3.05. The highest BCUT2D eigenvalue weighted by atomic mass is 79.9. The second kappa shape index (κ2) is 4.49. The monoisotopic (exact) mass is 280 g/mol. The molecule has 1 N–H and O–H groups in total. The maximum absolute atomic E-state index is 11.7. The molecule has 0 fully saturated rings. The Morgan fingerprint density at radius 3 is 2.88 bits per heavy atom. The van der Waals surface area contributed by atoms with E-state index in [1.54, 1.807) is 30.6 Å². The number of aryl methyl sites for hydroxylation is 1. The van der Waals surface area contributed by atoms with Crippen LogP contribution in [0.3, 0.4) is 0 Å². The Labute approximate surface area is 101 Å². The van der Waals surface area contributed by atoms with Crippen LogP contribution in [0, 0.1) is 6.92 Å². The van der Waals surface area contributed by atoms with Crippen molar-refractivity contribution in [2.24, 2.45) is 0 Å². The van der Waals surface area contributed by atoms with Gasteiger partial charge in [-0.1, -0.05) is 0 Å². The van der Waals surface area contributed by atoms with Gasteiger partial charge in [0, 0.05) is 18.1 Å². The predicted molar refractivity (Wildman–Crippen MR) is 63.3 cm³/mol. The summed E-state index contributed by atoms with van der Waals surface area (Å²) in [6.45, 7) is 1.88. The predicted octanol–water partition coefficient (Wildman–Crippen LogP) is 3.00. The highest BCUT2D eigenvalue weighted by molar-refractivity contribution is 9.10. The van der Waals surface area contributed by atoms with Gasteiger partial charge in [0.1, 0.15) is 0 Å². The van der Waals surface area contributed by atoms with Gasteiger partial charge in [-0.25, -0.2) is 0 Å². The third kappa shape index (κ3) is 2.30. The number of halogens is 1. The number of furan rings is 1. The van der Waals surface area contributed by atoms with Crippen molar-refractivity contribution in [2.45, 2.75) is 6.92 Å². The molecule has 0 aromatic carbocycles. The van der Waals surface area contributed by atoms with E-state index in [0.717, 1.165) is 11.3 Å². The van der Waals surface area contributed by atoms with Gasteiger partial charge in [0.05, 0.1) is 0 Å². The minimum Gasteiger partial charge on any atom is -0.444 e. The number of carbonyl (C=O) groups excluding carboxylic acids is 1. The molecule has 1 amide bonds. The van der Waals surface area contributed by atoms with E-state index < -0.39 is 0 Å². The molecule has 16 heavy (non-hydrogen) atoms. The van der Waals surface area contributed by atoms with Gasteiger partial charge in [-0.15, -0.1) is 0 Å². The fourth-order valence-electron chi connectivity index (χ4n) is 1.23. The molecule has 2 rings (SSSR count). The van der Waals surface area contributed by atoms with E-state index in [1.165, 1.54) is 0 Å².